The van der Waals surface area contributed by atoms with Crippen molar-refractivity contribution in [2.24, 2.45) is 4.99 Å². The molecular formula is C27H34N4O2. The zero-order chi connectivity index (χ0) is 24.4. The van der Waals surface area contributed by atoms with E-state index in [1.807, 2.05) is 62.5 Å². The number of rotatable bonds is 9. The lowest BCUT2D eigenvalue weighted by Crippen LogP contribution is -2.42. The van der Waals surface area contributed by atoms with Crippen LogP contribution in [0.3, 0.4) is 0 Å². The van der Waals surface area contributed by atoms with Crippen LogP contribution >= 0.6 is 0 Å². The molecule has 0 saturated heterocycles. The summed E-state index contributed by atoms with van der Waals surface area (Å²) >= 11 is 0. The first-order valence-corrected chi connectivity index (χ1v) is 11.1. The first kappa shape index (κ1) is 25.6. The predicted molar refractivity (Wildman–Crippen MR) is 137 cm³/mol. The molecule has 0 bridgehead atoms. The number of H-pyrrole nitrogens is 1. The lowest BCUT2D eigenvalue weighted by molar-refractivity contribution is -0.125. The van der Waals surface area contributed by atoms with Gasteiger partial charge in [0.25, 0.3) is 11.8 Å². The Bertz CT molecular complexity index is 1160. The Morgan fingerprint density at radius 3 is 2.48 bits per heavy atom. The van der Waals surface area contributed by atoms with E-state index in [1.54, 1.807) is 38.1 Å². The van der Waals surface area contributed by atoms with Crippen molar-refractivity contribution in [3.05, 3.63) is 77.1 Å². The number of carbonyl (C=O) groups is 2. The van der Waals surface area contributed by atoms with Gasteiger partial charge in [-0.15, -0.1) is 0 Å². The van der Waals surface area contributed by atoms with Gasteiger partial charge in [-0.2, -0.15) is 0 Å². The average Bonchev–Trinajstić information content (AvgIpc) is 3.32. The van der Waals surface area contributed by atoms with Crippen LogP contribution in [0.4, 0.5) is 0 Å². The third-order valence-electron chi connectivity index (χ3n) is 5.60. The SMILES string of the molecule is C=C(c1ccccc1)C(CCNC(=O)C(=CC)N=CC)N(C)C(=O)C(C)=c1[nH]ccc1=CC. The van der Waals surface area contributed by atoms with E-state index in [-0.39, 0.29) is 17.9 Å². The van der Waals surface area contributed by atoms with Gasteiger partial charge in [-0.1, -0.05) is 49.1 Å². The van der Waals surface area contributed by atoms with Crippen LogP contribution < -0.4 is 15.9 Å². The quantitative estimate of drug-likeness (QED) is 0.459. The molecule has 6 nitrogen and oxygen atoms in total. The lowest BCUT2D eigenvalue weighted by atomic mass is 9.96. The summed E-state index contributed by atoms with van der Waals surface area (Å²) in [5, 5.41) is 4.70. The van der Waals surface area contributed by atoms with Crippen LogP contribution in [0.2, 0.25) is 0 Å². The lowest BCUT2D eigenvalue weighted by Gasteiger charge is -2.30. The molecule has 0 fully saturated rings. The van der Waals surface area contributed by atoms with Gasteiger partial charge in [0.05, 0.1) is 11.4 Å². The maximum atomic E-state index is 13.4. The number of nitrogens with zero attached hydrogens (tertiary/aromatic N) is 2. The van der Waals surface area contributed by atoms with Crippen LogP contribution in [-0.4, -0.2) is 47.5 Å². The molecule has 1 unspecified atom stereocenters. The van der Waals surface area contributed by atoms with Crippen molar-refractivity contribution >= 4 is 35.3 Å². The molecule has 0 spiro atoms. The molecule has 1 aromatic carbocycles. The monoisotopic (exact) mass is 446 g/mol. The third kappa shape index (κ3) is 6.42. The number of hydrogen-bond donors (Lipinski definition) is 2. The number of aromatic amines is 1. The highest BCUT2D eigenvalue weighted by atomic mass is 16.2. The van der Waals surface area contributed by atoms with E-state index in [9.17, 15) is 9.59 Å². The van der Waals surface area contributed by atoms with Crippen LogP contribution in [0.5, 0.6) is 0 Å². The van der Waals surface area contributed by atoms with Crippen LogP contribution in [0.1, 0.15) is 39.7 Å². The number of aliphatic imine (C=N–C) groups is 1. The van der Waals surface area contributed by atoms with Gasteiger partial charge in [0, 0.05) is 31.6 Å². The van der Waals surface area contributed by atoms with Gasteiger partial charge >= 0.3 is 0 Å². The van der Waals surface area contributed by atoms with E-state index in [0.717, 1.165) is 21.7 Å². The molecule has 1 heterocycles. The van der Waals surface area contributed by atoms with Crippen molar-refractivity contribution < 1.29 is 9.59 Å². The Labute approximate surface area is 196 Å². The minimum Gasteiger partial charge on any atom is -0.361 e. The zero-order valence-corrected chi connectivity index (χ0v) is 20.2. The van der Waals surface area contributed by atoms with Gasteiger partial charge in [-0.3, -0.25) is 14.6 Å². The van der Waals surface area contributed by atoms with Crippen molar-refractivity contribution in [1.29, 1.82) is 0 Å². The van der Waals surface area contributed by atoms with Crippen LogP contribution in [0.25, 0.3) is 17.2 Å². The summed E-state index contributed by atoms with van der Waals surface area (Å²) in [6.07, 6.45) is 7.56. The van der Waals surface area contributed by atoms with E-state index in [1.165, 1.54) is 0 Å². The molecular weight excluding hydrogens is 412 g/mol. The van der Waals surface area contributed by atoms with E-state index in [4.69, 9.17) is 0 Å². The van der Waals surface area contributed by atoms with Crippen molar-refractivity contribution in [2.45, 2.75) is 40.2 Å². The Morgan fingerprint density at radius 1 is 1.18 bits per heavy atom. The fourth-order valence-electron chi connectivity index (χ4n) is 3.72. The van der Waals surface area contributed by atoms with E-state index >= 15 is 0 Å². The Hall–Kier alpha value is -3.67. The van der Waals surface area contributed by atoms with Crippen molar-refractivity contribution in [3.8, 4) is 0 Å². The Morgan fingerprint density at radius 2 is 1.88 bits per heavy atom. The summed E-state index contributed by atoms with van der Waals surface area (Å²) in [7, 11) is 1.78. The van der Waals surface area contributed by atoms with Crippen LogP contribution in [-0.2, 0) is 9.59 Å². The minimum atomic E-state index is -0.303. The summed E-state index contributed by atoms with van der Waals surface area (Å²) in [6.45, 7) is 12.0. The Balaban J connectivity index is 2.31. The van der Waals surface area contributed by atoms with Gasteiger partial charge in [0.15, 0.2) is 0 Å². The molecule has 2 aromatic rings. The predicted octanol–water partition coefficient (Wildman–Crippen LogP) is 3.03. The Kier molecular flexibility index (Phi) is 9.61. The second-order valence-corrected chi connectivity index (χ2v) is 7.65. The normalized spacial score (nSPS) is 14.2. The van der Waals surface area contributed by atoms with E-state index in [2.05, 4.69) is 21.9 Å². The molecule has 6 heteroatoms. The summed E-state index contributed by atoms with van der Waals surface area (Å²) in [5.74, 6) is -0.343. The summed E-state index contributed by atoms with van der Waals surface area (Å²) in [4.78, 5) is 34.8. The molecule has 2 amide bonds. The number of allylic oxidation sites excluding steroid dienone is 1. The molecule has 0 aliphatic heterocycles. The number of carbonyl (C=O) groups excluding carboxylic acids is 2. The standard InChI is InChI=1S/C27H34N4O2/c1-7-21-15-17-29-25(21)20(5)27(33)31(6)24(19(4)22-13-11-10-12-14-22)16-18-30-26(32)23(8-2)28-9-3/h7-15,17,24,29H,4,16,18H2,1-3,5-6H3,(H,30,32). The molecule has 2 rings (SSSR count). The molecule has 1 aromatic heterocycles. The van der Waals surface area contributed by atoms with E-state index in [0.29, 0.717) is 24.2 Å². The highest BCUT2D eigenvalue weighted by Crippen LogP contribution is 2.23. The highest BCUT2D eigenvalue weighted by Gasteiger charge is 2.25. The molecule has 174 valence electrons. The van der Waals surface area contributed by atoms with Gasteiger partial charge in [-0.05, 0) is 56.5 Å². The van der Waals surface area contributed by atoms with Gasteiger partial charge in [-0.25, -0.2) is 0 Å². The maximum absolute atomic E-state index is 13.4. The number of nitrogens with one attached hydrogen (secondary N) is 2. The smallest absolute Gasteiger partial charge is 0.269 e. The third-order valence-corrected chi connectivity index (χ3v) is 5.60. The molecule has 0 aliphatic rings. The fourth-order valence-corrected chi connectivity index (χ4v) is 3.72. The van der Waals surface area contributed by atoms with Crippen LogP contribution in [0, 0.1) is 0 Å². The minimum absolute atomic E-state index is 0.0984. The van der Waals surface area contributed by atoms with Crippen molar-refractivity contribution in [1.82, 2.24) is 15.2 Å². The summed E-state index contributed by atoms with van der Waals surface area (Å²) < 4.78 is 0. The maximum Gasteiger partial charge on any atom is 0.269 e. The molecule has 0 radical (unpaired) electrons. The van der Waals surface area contributed by atoms with E-state index < -0.39 is 0 Å². The summed E-state index contributed by atoms with van der Waals surface area (Å²) in [6, 6.07) is 11.4. The summed E-state index contributed by atoms with van der Waals surface area (Å²) in [5.41, 5.74) is 2.76. The fraction of sp³-hybridized carbons (Fsp3) is 0.296. The molecule has 0 aliphatic carbocycles. The molecule has 2 N–H and O–H groups in total. The molecule has 0 saturated carbocycles. The van der Waals surface area contributed by atoms with Gasteiger partial charge in [0.1, 0.15) is 5.70 Å². The number of benzene rings is 1. The average molecular weight is 447 g/mol. The number of hydrogen-bond acceptors (Lipinski definition) is 3. The highest BCUT2D eigenvalue weighted by molar-refractivity contribution is 6.12. The number of amides is 2. The molecule has 1 atom stereocenters. The zero-order valence-electron chi connectivity index (χ0n) is 20.2. The van der Waals surface area contributed by atoms with Crippen LogP contribution in [0.15, 0.2) is 65.9 Å². The molecule has 33 heavy (non-hydrogen) atoms. The second-order valence-electron chi connectivity index (χ2n) is 7.65. The largest absolute Gasteiger partial charge is 0.361 e. The number of aromatic nitrogens is 1. The van der Waals surface area contributed by atoms with Crippen molar-refractivity contribution in [2.75, 3.05) is 13.6 Å². The first-order chi connectivity index (χ1) is 15.8. The number of likely N-dealkylation sites (N-methyl/N-ethyl adjacent to an activating group) is 1. The van der Waals surface area contributed by atoms with Gasteiger partial charge < -0.3 is 15.2 Å². The topological polar surface area (TPSA) is 77.6 Å². The van der Waals surface area contributed by atoms with Gasteiger partial charge in [0.2, 0.25) is 0 Å². The second kappa shape index (κ2) is 12.4. The van der Waals surface area contributed by atoms with Crippen molar-refractivity contribution in [3.63, 3.8) is 0 Å². The first-order valence-electron chi connectivity index (χ1n) is 11.1.